The number of aromatic nitrogens is 1. The molecule has 1 aromatic heterocycles. The first-order chi connectivity index (χ1) is 14.0. The van der Waals surface area contributed by atoms with E-state index in [0.717, 1.165) is 17.3 Å². The van der Waals surface area contributed by atoms with Gasteiger partial charge >= 0.3 is 5.97 Å². The van der Waals surface area contributed by atoms with Gasteiger partial charge in [-0.25, -0.2) is 9.78 Å². The van der Waals surface area contributed by atoms with Crippen LogP contribution in [0.4, 0.5) is 11.5 Å². The van der Waals surface area contributed by atoms with Crippen molar-refractivity contribution in [3.05, 3.63) is 93.7 Å². The lowest BCUT2D eigenvalue weighted by Gasteiger charge is -2.07. The van der Waals surface area contributed by atoms with E-state index in [0.29, 0.717) is 11.6 Å². The zero-order valence-corrected chi connectivity index (χ0v) is 15.1. The molecule has 0 saturated heterocycles. The number of nitrogens with one attached hydrogen (secondary N) is 1. The van der Waals surface area contributed by atoms with Gasteiger partial charge in [-0.05, 0) is 53.6 Å². The van der Waals surface area contributed by atoms with Crippen LogP contribution in [0.3, 0.4) is 0 Å². The number of hydrogen-bond acceptors (Lipinski definition) is 7. The number of rotatable bonds is 8. The molecule has 0 fully saturated rings. The molecular weight excluding hydrogens is 376 g/mol. The van der Waals surface area contributed by atoms with Crippen LogP contribution < -0.4 is 10.2 Å². The maximum Gasteiger partial charge on any atom is 0.335 e. The van der Waals surface area contributed by atoms with Crippen LogP contribution in [0, 0.1) is 10.1 Å². The van der Waals surface area contributed by atoms with Gasteiger partial charge in [0.05, 0.1) is 16.7 Å². The molecule has 1 heterocycles. The third-order valence-electron chi connectivity index (χ3n) is 3.81. The summed E-state index contributed by atoms with van der Waals surface area (Å²) in [7, 11) is 0. The van der Waals surface area contributed by atoms with E-state index in [1.54, 1.807) is 48.7 Å². The highest BCUT2D eigenvalue weighted by molar-refractivity contribution is 5.87. The summed E-state index contributed by atoms with van der Waals surface area (Å²) >= 11 is 0. The van der Waals surface area contributed by atoms with Gasteiger partial charge in [0.1, 0.15) is 24.4 Å². The fourth-order valence-electron chi connectivity index (χ4n) is 2.34. The highest BCUT2D eigenvalue weighted by Gasteiger charge is 2.05. The largest absolute Gasteiger partial charge is 0.489 e. The number of anilines is 1. The number of carboxylic acid groups (broad SMARTS) is 1. The predicted molar refractivity (Wildman–Crippen MR) is 106 cm³/mol. The topological polar surface area (TPSA) is 127 Å². The summed E-state index contributed by atoms with van der Waals surface area (Å²) in [5.74, 6) is 0.0382. The number of ether oxygens (including phenoxy) is 1. The van der Waals surface area contributed by atoms with E-state index in [-0.39, 0.29) is 17.9 Å². The first-order valence-corrected chi connectivity index (χ1v) is 8.46. The first-order valence-electron chi connectivity index (χ1n) is 8.46. The molecule has 0 atom stereocenters. The van der Waals surface area contributed by atoms with Gasteiger partial charge in [-0.3, -0.25) is 15.5 Å². The van der Waals surface area contributed by atoms with E-state index < -0.39 is 10.9 Å². The fraction of sp³-hybridized carbons (Fsp3) is 0.0500. The average molecular weight is 392 g/mol. The Hall–Kier alpha value is -4.27. The van der Waals surface area contributed by atoms with Crippen LogP contribution in [0.1, 0.15) is 21.5 Å². The van der Waals surface area contributed by atoms with E-state index in [4.69, 9.17) is 9.84 Å². The van der Waals surface area contributed by atoms with Crippen LogP contribution in [0.5, 0.6) is 5.75 Å². The summed E-state index contributed by atoms with van der Waals surface area (Å²) in [6.07, 6.45) is 2.72. The minimum absolute atomic E-state index is 0.0928. The third-order valence-corrected chi connectivity index (χ3v) is 3.81. The van der Waals surface area contributed by atoms with Gasteiger partial charge in [0, 0.05) is 6.07 Å². The van der Waals surface area contributed by atoms with Gasteiger partial charge < -0.3 is 9.84 Å². The molecule has 0 bridgehead atoms. The minimum atomic E-state index is -0.979. The molecule has 29 heavy (non-hydrogen) atoms. The van der Waals surface area contributed by atoms with Crippen molar-refractivity contribution in [2.45, 2.75) is 6.61 Å². The van der Waals surface area contributed by atoms with Gasteiger partial charge in [0.25, 0.3) is 5.69 Å². The lowest BCUT2D eigenvalue weighted by Crippen LogP contribution is -2.00. The van der Waals surface area contributed by atoms with Crippen molar-refractivity contribution in [2.75, 3.05) is 5.43 Å². The van der Waals surface area contributed by atoms with Gasteiger partial charge in [-0.1, -0.05) is 12.1 Å². The number of carbonyl (C=O) groups is 1. The van der Waals surface area contributed by atoms with Crippen molar-refractivity contribution < 1.29 is 19.6 Å². The van der Waals surface area contributed by atoms with Gasteiger partial charge in [0.2, 0.25) is 0 Å². The van der Waals surface area contributed by atoms with E-state index in [9.17, 15) is 14.9 Å². The molecule has 0 unspecified atom stereocenters. The van der Waals surface area contributed by atoms with Crippen molar-refractivity contribution in [3.8, 4) is 5.75 Å². The zero-order chi connectivity index (χ0) is 20.6. The normalized spacial score (nSPS) is 10.6. The Morgan fingerprint density at radius 2 is 2.00 bits per heavy atom. The second-order valence-corrected chi connectivity index (χ2v) is 5.89. The molecule has 3 rings (SSSR count). The molecule has 2 aromatic carbocycles. The van der Waals surface area contributed by atoms with E-state index in [1.807, 2.05) is 0 Å². The molecule has 0 radical (unpaired) electrons. The summed E-state index contributed by atoms with van der Waals surface area (Å²) in [5, 5.41) is 23.6. The molecular formula is C20H16N4O5. The summed E-state index contributed by atoms with van der Waals surface area (Å²) in [5.41, 5.74) is 4.38. The third kappa shape index (κ3) is 5.60. The lowest BCUT2D eigenvalue weighted by molar-refractivity contribution is -0.385. The number of hydrazone groups is 1. The SMILES string of the molecule is O=C(O)c1cccc(COc2ccc(/C=N\Nc3ccc([N+](=O)[O-])cn3)cc2)c1. The molecule has 0 saturated carbocycles. The molecule has 9 nitrogen and oxygen atoms in total. The molecule has 0 amide bonds. The minimum Gasteiger partial charge on any atom is -0.489 e. The second kappa shape index (κ2) is 9.09. The fourth-order valence-corrected chi connectivity index (χ4v) is 2.34. The molecule has 2 N–H and O–H groups in total. The molecule has 146 valence electrons. The molecule has 0 aliphatic rings. The number of nitrogens with zero attached hydrogens (tertiary/aromatic N) is 3. The van der Waals surface area contributed by atoms with Crippen molar-refractivity contribution >= 4 is 23.7 Å². The standard InChI is InChI=1S/C20H16N4O5/c25-20(26)16-3-1-2-15(10-16)13-29-18-7-4-14(5-8-18)11-22-23-19-9-6-17(12-21-19)24(27)28/h1-12H,13H2,(H,21,23)(H,25,26)/b22-11-. The van der Waals surface area contributed by atoms with E-state index >= 15 is 0 Å². The second-order valence-electron chi connectivity index (χ2n) is 5.89. The Morgan fingerprint density at radius 3 is 2.66 bits per heavy atom. The number of aromatic carboxylic acids is 1. The van der Waals surface area contributed by atoms with Crippen LogP contribution in [0.15, 0.2) is 72.0 Å². The smallest absolute Gasteiger partial charge is 0.335 e. The Labute approximate surface area is 165 Å². The summed E-state index contributed by atoms with van der Waals surface area (Å²) in [6, 6.07) is 16.5. The molecule has 0 aliphatic carbocycles. The van der Waals surface area contributed by atoms with E-state index in [1.165, 1.54) is 18.2 Å². The number of nitro groups is 1. The van der Waals surface area contributed by atoms with E-state index in [2.05, 4.69) is 15.5 Å². The van der Waals surface area contributed by atoms with Gasteiger partial charge in [-0.15, -0.1) is 0 Å². The van der Waals surface area contributed by atoms with Crippen LogP contribution in [-0.4, -0.2) is 27.2 Å². The number of carboxylic acids is 1. The highest BCUT2D eigenvalue weighted by atomic mass is 16.6. The number of benzene rings is 2. The van der Waals surface area contributed by atoms with Crippen LogP contribution >= 0.6 is 0 Å². The lowest BCUT2D eigenvalue weighted by atomic mass is 10.1. The number of pyridine rings is 1. The maximum absolute atomic E-state index is 11.0. The first kappa shape index (κ1) is 19.5. The van der Waals surface area contributed by atoms with Crippen LogP contribution in [-0.2, 0) is 6.61 Å². The monoisotopic (exact) mass is 392 g/mol. The molecule has 0 aliphatic heterocycles. The molecule has 9 heteroatoms. The Balaban J connectivity index is 1.53. The quantitative estimate of drug-likeness (QED) is 0.340. The zero-order valence-electron chi connectivity index (χ0n) is 15.1. The van der Waals surface area contributed by atoms with Crippen molar-refractivity contribution in [3.63, 3.8) is 0 Å². The summed E-state index contributed by atoms with van der Waals surface area (Å²) < 4.78 is 5.67. The Bertz CT molecular complexity index is 1030. The summed E-state index contributed by atoms with van der Waals surface area (Å²) in [6.45, 7) is 0.252. The van der Waals surface area contributed by atoms with Crippen LogP contribution in [0.25, 0.3) is 0 Å². The number of hydrogen-bond donors (Lipinski definition) is 2. The molecule has 3 aromatic rings. The molecule has 0 spiro atoms. The van der Waals surface area contributed by atoms with Crippen molar-refractivity contribution in [1.29, 1.82) is 0 Å². The average Bonchev–Trinajstić information content (AvgIpc) is 2.74. The highest BCUT2D eigenvalue weighted by Crippen LogP contribution is 2.15. The Kier molecular flexibility index (Phi) is 6.11. The Morgan fingerprint density at radius 1 is 1.21 bits per heavy atom. The summed E-state index contributed by atoms with van der Waals surface area (Å²) in [4.78, 5) is 25.0. The maximum atomic E-state index is 11.0. The van der Waals surface area contributed by atoms with Gasteiger partial charge in [-0.2, -0.15) is 5.10 Å². The predicted octanol–water partition coefficient (Wildman–Crippen LogP) is 3.71. The van der Waals surface area contributed by atoms with Gasteiger partial charge in [0.15, 0.2) is 0 Å². The van der Waals surface area contributed by atoms with Crippen molar-refractivity contribution in [2.24, 2.45) is 5.10 Å². The van der Waals surface area contributed by atoms with Crippen molar-refractivity contribution in [1.82, 2.24) is 4.98 Å². The van der Waals surface area contributed by atoms with Crippen LogP contribution in [0.2, 0.25) is 0 Å².